The summed E-state index contributed by atoms with van der Waals surface area (Å²) in [6.45, 7) is 13.4. The highest BCUT2D eigenvalue weighted by atomic mass is 16.6. The number of fused-ring (bicyclic) bond motifs is 3. The van der Waals surface area contributed by atoms with Crippen LogP contribution >= 0.6 is 0 Å². The molecule has 1 aliphatic heterocycles. The van der Waals surface area contributed by atoms with Crippen molar-refractivity contribution in [2.45, 2.75) is 98.4 Å². The van der Waals surface area contributed by atoms with Gasteiger partial charge in [-0.25, -0.2) is 0 Å². The summed E-state index contributed by atoms with van der Waals surface area (Å²) in [4.78, 5) is 50.9. The number of epoxide rings is 1. The Kier molecular flexibility index (Phi) is 5.53. The molecule has 0 radical (unpaired) electrons. The summed E-state index contributed by atoms with van der Waals surface area (Å²) in [6.07, 6.45) is 4.30. The molecule has 2 N–H and O–H groups in total. The van der Waals surface area contributed by atoms with Crippen LogP contribution in [0.1, 0.15) is 80.6 Å². The van der Waals surface area contributed by atoms with Gasteiger partial charge in [0.15, 0.2) is 11.6 Å². The average Bonchev–Trinajstić information content (AvgIpc) is 3.49. The molecule has 202 valence electrons. The van der Waals surface area contributed by atoms with Crippen LogP contribution in [0, 0.1) is 39.4 Å². The molecule has 0 amide bonds. The quantitative estimate of drug-likeness (QED) is 0.421. The van der Waals surface area contributed by atoms with Crippen molar-refractivity contribution in [2.24, 2.45) is 39.4 Å². The molecule has 9 atom stereocenters. The molecule has 1 spiro atoms. The van der Waals surface area contributed by atoms with Crippen LogP contribution in [-0.2, 0) is 23.9 Å². The zero-order valence-electron chi connectivity index (χ0n) is 23.0. The topological polar surface area (TPSA) is 121 Å². The number of Topliss-reactive ketones (excluding diaryl/α,β-unsaturated/α-hetero) is 1. The molecule has 4 fully saturated rings. The SMILES string of the molecule is C/C(=C\C(=O)C[C@H](C)C(=O)O)[C@H]1C[C@H](O)[C@@]2(C)[C@]34O[C@H]3C[C@H]3C(C)(C)C(=O)CC[C@]3(C)C4=CC(=O)[C@]12C. The Hall–Kier alpha value is -2.12. The highest BCUT2D eigenvalue weighted by Crippen LogP contribution is 2.79. The van der Waals surface area contributed by atoms with Crippen molar-refractivity contribution in [3.05, 3.63) is 23.3 Å². The Labute approximate surface area is 218 Å². The van der Waals surface area contributed by atoms with Crippen LogP contribution in [0.4, 0.5) is 0 Å². The zero-order valence-corrected chi connectivity index (χ0v) is 23.0. The molecule has 37 heavy (non-hydrogen) atoms. The standard InChI is InChI=1S/C30H40O7/c1-15(10-17(31)11-16(2)25(35)36)18-12-23(34)29(7)28(18,6)22(33)13-20-27(5)9-8-21(32)26(3,4)19(27)14-24-30(20,29)37-24/h10,13,16,18-19,23-24,34H,8-9,11-12,14H2,1-7H3,(H,35,36)/b15-10+/t16-,18+,19-,23-,24-,27-,28-,29+,30+/m0/s1. The number of ketones is 3. The van der Waals surface area contributed by atoms with E-state index >= 15 is 0 Å². The highest BCUT2D eigenvalue weighted by Gasteiger charge is 2.85. The lowest BCUT2D eigenvalue weighted by Gasteiger charge is -2.60. The first kappa shape index (κ1) is 26.5. The van der Waals surface area contributed by atoms with E-state index in [1.807, 2.05) is 27.7 Å². The maximum absolute atomic E-state index is 14.2. The first-order valence-electron chi connectivity index (χ1n) is 13.6. The van der Waals surface area contributed by atoms with Gasteiger partial charge in [-0.05, 0) is 61.2 Å². The van der Waals surface area contributed by atoms with Gasteiger partial charge in [-0.15, -0.1) is 0 Å². The lowest BCUT2D eigenvalue weighted by Crippen LogP contribution is -2.65. The normalized spacial score (nSPS) is 46.7. The van der Waals surface area contributed by atoms with Crippen LogP contribution in [-0.4, -0.2) is 51.3 Å². The fraction of sp³-hybridized carbons (Fsp3) is 0.733. The number of aliphatic hydroxyl groups excluding tert-OH is 1. The molecule has 5 rings (SSSR count). The lowest BCUT2D eigenvalue weighted by atomic mass is 9.40. The number of ether oxygens (including phenoxy) is 1. The fourth-order valence-electron chi connectivity index (χ4n) is 9.21. The van der Waals surface area contributed by atoms with Crippen molar-refractivity contribution in [1.82, 2.24) is 0 Å². The molecule has 7 heteroatoms. The number of hydrogen-bond acceptors (Lipinski definition) is 6. The van der Waals surface area contributed by atoms with Crippen LogP contribution in [0.25, 0.3) is 0 Å². The summed E-state index contributed by atoms with van der Waals surface area (Å²) in [5, 5.41) is 20.9. The van der Waals surface area contributed by atoms with E-state index in [2.05, 4.69) is 6.92 Å². The van der Waals surface area contributed by atoms with E-state index in [9.17, 15) is 29.4 Å². The number of hydrogen-bond donors (Lipinski definition) is 2. The van der Waals surface area contributed by atoms with E-state index < -0.39 is 39.8 Å². The van der Waals surface area contributed by atoms with Crippen molar-refractivity contribution < 1.29 is 34.1 Å². The monoisotopic (exact) mass is 512 g/mol. The Balaban J connectivity index is 1.58. The second-order valence-corrected chi connectivity index (χ2v) is 13.6. The fourth-order valence-corrected chi connectivity index (χ4v) is 9.21. The van der Waals surface area contributed by atoms with E-state index in [-0.39, 0.29) is 47.1 Å². The van der Waals surface area contributed by atoms with Crippen LogP contribution in [0.5, 0.6) is 0 Å². The Morgan fingerprint density at radius 2 is 1.81 bits per heavy atom. The minimum atomic E-state index is -1.02. The van der Waals surface area contributed by atoms with Gasteiger partial charge in [-0.2, -0.15) is 0 Å². The van der Waals surface area contributed by atoms with Crippen LogP contribution < -0.4 is 0 Å². The van der Waals surface area contributed by atoms with Crippen molar-refractivity contribution in [3.63, 3.8) is 0 Å². The molecule has 1 heterocycles. The summed E-state index contributed by atoms with van der Waals surface area (Å²) in [7, 11) is 0. The lowest BCUT2D eigenvalue weighted by molar-refractivity contribution is -0.148. The Bertz CT molecular complexity index is 1180. The molecule has 0 bridgehead atoms. The summed E-state index contributed by atoms with van der Waals surface area (Å²) < 4.78 is 6.60. The largest absolute Gasteiger partial charge is 0.481 e. The minimum Gasteiger partial charge on any atom is -0.481 e. The summed E-state index contributed by atoms with van der Waals surface area (Å²) in [5.41, 5.74) is -1.92. The van der Waals surface area contributed by atoms with Gasteiger partial charge in [0, 0.05) is 29.1 Å². The van der Waals surface area contributed by atoms with Crippen LogP contribution in [0.15, 0.2) is 23.3 Å². The Morgan fingerprint density at radius 3 is 2.43 bits per heavy atom. The number of allylic oxidation sites excluding steroid dienone is 3. The molecule has 0 aromatic carbocycles. The van der Waals surface area contributed by atoms with Gasteiger partial charge in [-0.1, -0.05) is 47.1 Å². The van der Waals surface area contributed by atoms with Gasteiger partial charge >= 0.3 is 5.97 Å². The Morgan fingerprint density at radius 1 is 1.16 bits per heavy atom. The van der Waals surface area contributed by atoms with Gasteiger partial charge in [0.05, 0.1) is 18.1 Å². The third-order valence-corrected chi connectivity index (χ3v) is 11.7. The zero-order chi connectivity index (χ0) is 27.5. The van der Waals surface area contributed by atoms with E-state index in [0.29, 0.717) is 31.3 Å². The minimum absolute atomic E-state index is 0.0544. The second-order valence-electron chi connectivity index (χ2n) is 13.6. The molecule has 1 saturated heterocycles. The number of rotatable bonds is 5. The molecule has 5 aliphatic rings. The predicted octanol–water partition coefficient (Wildman–Crippen LogP) is 4.07. The first-order chi connectivity index (χ1) is 17.0. The van der Waals surface area contributed by atoms with Crippen LogP contribution in [0.2, 0.25) is 0 Å². The molecule has 0 unspecified atom stereocenters. The molecule has 4 aliphatic carbocycles. The smallest absolute Gasteiger partial charge is 0.306 e. The third kappa shape index (κ3) is 3.01. The van der Waals surface area contributed by atoms with Crippen molar-refractivity contribution in [3.8, 4) is 0 Å². The molecular formula is C30H40O7. The van der Waals surface area contributed by atoms with Gasteiger partial charge in [0.2, 0.25) is 0 Å². The number of carboxylic acids is 1. The maximum atomic E-state index is 14.2. The summed E-state index contributed by atoms with van der Waals surface area (Å²) in [6, 6.07) is 0. The molecule has 0 aromatic heterocycles. The van der Waals surface area contributed by atoms with Crippen molar-refractivity contribution in [1.29, 1.82) is 0 Å². The van der Waals surface area contributed by atoms with Crippen LogP contribution in [0.3, 0.4) is 0 Å². The number of carboxylic acid groups (broad SMARTS) is 1. The van der Waals surface area contributed by atoms with Gasteiger partial charge in [0.1, 0.15) is 11.4 Å². The number of aliphatic hydroxyl groups is 1. The van der Waals surface area contributed by atoms with E-state index in [1.165, 1.54) is 13.0 Å². The van der Waals surface area contributed by atoms with E-state index in [0.717, 1.165) is 5.57 Å². The molecule has 3 saturated carbocycles. The molecule has 7 nitrogen and oxygen atoms in total. The van der Waals surface area contributed by atoms with Crippen molar-refractivity contribution in [2.75, 3.05) is 0 Å². The van der Waals surface area contributed by atoms with Crippen molar-refractivity contribution >= 4 is 23.3 Å². The third-order valence-electron chi connectivity index (χ3n) is 11.7. The number of aliphatic carboxylic acids is 1. The second kappa shape index (κ2) is 7.72. The molecule has 0 aromatic rings. The highest BCUT2D eigenvalue weighted by molar-refractivity contribution is 6.00. The number of carbonyl (C=O) groups is 4. The molecular weight excluding hydrogens is 472 g/mol. The average molecular weight is 513 g/mol. The maximum Gasteiger partial charge on any atom is 0.306 e. The first-order valence-corrected chi connectivity index (χ1v) is 13.6. The number of carbonyl (C=O) groups excluding carboxylic acids is 3. The van der Waals surface area contributed by atoms with Gasteiger partial charge in [-0.3, -0.25) is 19.2 Å². The summed E-state index contributed by atoms with van der Waals surface area (Å²) in [5.74, 6) is -2.25. The van der Waals surface area contributed by atoms with E-state index in [1.54, 1.807) is 13.0 Å². The van der Waals surface area contributed by atoms with E-state index in [4.69, 9.17) is 4.74 Å². The van der Waals surface area contributed by atoms with Gasteiger partial charge in [0.25, 0.3) is 0 Å². The van der Waals surface area contributed by atoms with Gasteiger partial charge < -0.3 is 14.9 Å². The predicted molar refractivity (Wildman–Crippen MR) is 135 cm³/mol. The summed E-state index contributed by atoms with van der Waals surface area (Å²) >= 11 is 0.